The van der Waals surface area contributed by atoms with Gasteiger partial charge in [0.25, 0.3) is 0 Å². The Morgan fingerprint density at radius 1 is 1.24 bits per heavy atom. The first kappa shape index (κ1) is 15.1. The van der Waals surface area contributed by atoms with Crippen molar-refractivity contribution in [1.29, 1.82) is 0 Å². The van der Waals surface area contributed by atoms with E-state index < -0.39 is 0 Å². The zero-order chi connectivity index (χ0) is 14.5. The van der Waals surface area contributed by atoms with Crippen molar-refractivity contribution < 1.29 is 9.47 Å². The number of benzene rings is 1. The predicted octanol–water partition coefficient (Wildman–Crippen LogP) is 5.18. The summed E-state index contributed by atoms with van der Waals surface area (Å²) in [7, 11) is 0. The van der Waals surface area contributed by atoms with E-state index >= 15 is 0 Å². The molecule has 1 fully saturated rings. The molecule has 2 heterocycles. The normalized spacial score (nSPS) is 18.8. The van der Waals surface area contributed by atoms with Crippen molar-refractivity contribution in [1.82, 2.24) is 0 Å². The highest BCUT2D eigenvalue weighted by atomic mass is 32.2. The van der Waals surface area contributed by atoms with Crippen LogP contribution in [0, 0.1) is 0 Å². The maximum atomic E-state index is 5.91. The molecule has 112 valence electrons. The molecular formula is C17H20O2S2. The largest absolute Gasteiger partial charge is 0.353 e. The van der Waals surface area contributed by atoms with Crippen molar-refractivity contribution in [3.8, 4) is 10.4 Å². The van der Waals surface area contributed by atoms with Crippen LogP contribution in [0.4, 0.5) is 0 Å². The number of hydrogen-bond acceptors (Lipinski definition) is 4. The molecule has 21 heavy (non-hydrogen) atoms. The summed E-state index contributed by atoms with van der Waals surface area (Å²) < 4.78 is 11.5. The second-order valence-electron chi connectivity index (χ2n) is 5.11. The fourth-order valence-electron chi connectivity index (χ4n) is 2.47. The monoisotopic (exact) mass is 320 g/mol. The van der Waals surface area contributed by atoms with Crippen molar-refractivity contribution >= 4 is 23.1 Å². The van der Waals surface area contributed by atoms with Gasteiger partial charge in [-0.05, 0) is 60.2 Å². The molecular weight excluding hydrogens is 300 g/mol. The highest BCUT2D eigenvalue weighted by Gasteiger charge is 2.15. The summed E-state index contributed by atoms with van der Waals surface area (Å²) in [5.74, 6) is 0. The van der Waals surface area contributed by atoms with E-state index in [0.717, 1.165) is 19.4 Å². The Kier molecular flexibility index (Phi) is 5.36. The van der Waals surface area contributed by atoms with Gasteiger partial charge in [0, 0.05) is 16.4 Å². The van der Waals surface area contributed by atoms with Crippen LogP contribution in [0.5, 0.6) is 0 Å². The average molecular weight is 320 g/mol. The molecule has 1 aliphatic rings. The highest BCUT2D eigenvalue weighted by Crippen LogP contribution is 2.32. The van der Waals surface area contributed by atoms with Crippen molar-refractivity contribution in [3.05, 3.63) is 41.3 Å². The summed E-state index contributed by atoms with van der Waals surface area (Å²) in [5, 5.41) is 2.14. The van der Waals surface area contributed by atoms with Crippen molar-refractivity contribution in [2.45, 2.75) is 37.1 Å². The molecule has 2 aromatic rings. The fourth-order valence-corrected chi connectivity index (χ4v) is 3.80. The van der Waals surface area contributed by atoms with Gasteiger partial charge in [0.2, 0.25) is 0 Å². The van der Waals surface area contributed by atoms with Crippen molar-refractivity contribution in [2.75, 3.05) is 12.9 Å². The van der Waals surface area contributed by atoms with E-state index in [4.69, 9.17) is 9.47 Å². The molecule has 3 rings (SSSR count). The van der Waals surface area contributed by atoms with Gasteiger partial charge in [-0.15, -0.1) is 23.1 Å². The van der Waals surface area contributed by atoms with E-state index in [1.165, 1.54) is 27.3 Å². The Labute approximate surface area is 134 Å². The lowest BCUT2D eigenvalue weighted by Gasteiger charge is -2.22. The standard InChI is InChI=1S/C17H20O2S2/c1-20-15-7-5-13(6-8-15)17-14(9-11-21-17)12-19-16-4-2-3-10-18-16/h5-9,11,16H,2-4,10,12H2,1H3. The second kappa shape index (κ2) is 7.45. The van der Waals surface area contributed by atoms with Crippen LogP contribution < -0.4 is 0 Å². The van der Waals surface area contributed by atoms with Gasteiger partial charge in [0.05, 0.1) is 6.61 Å². The van der Waals surface area contributed by atoms with E-state index in [-0.39, 0.29) is 6.29 Å². The molecule has 1 aromatic carbocycles. The maximum Gasteiger partial charge on any atom is 0.158 e. The van der Waals surface area contributed by atoms with E-state index in [1.807, 2.05) is 0 Å². The van der Waals surface area contributed by atoms with Crippen LogP contribution in [-0.2, 0) is 16.1 Å². The SMILES string of the molecule is CSc1ccc(-c2sccc2COC2CCCCO2)cc1. The van der Waals surface area contributed by atoms with Gasteiger partial charge < -0.3 is 9.47 Å². The third-order valence-electron chi connectivity index (χ3n) is 3.66. The molecule has 1 aliphatic heterocycles. The first-order valence-electron chi connectivity index (χ1n) is 7.31. The minimum Gasteiger partial charge on any atom is -0.353 e. The van der Waals surface area contributed by atoms with E-state index in [1.54, 1.807) is 23.1 Å². The van der Waals surface area contributed by atoms with Crippen LogP contribution in [-0.4, -0.2) is 19.2 Å². The van der Waals surface area contributed by atoms with Crippen LogP contribution in [0.3, 0.4) is 0 Å². The van der Waals surface area contributed by atoms with Gasteiger partial charge in [-0.1, -0.05) is 12.1 Å². The summed E-state index contributed by atoms with van der Waals surface area (Å²) in [6.07, 6.45) is 5.46. The Bertz CT molecular complexity index is 556. The number of rotatable bonds is 5. The number of thioether (sulfide) groups is 1. The topological polar surface area (TPSA) is 18.5 Å². The predicted molar refractivity (Wildman–Crippen MR) is 89.9 cm³/mol. The van der Waals surface area contributed by atoms with Gasteiger partial charge in [0.1, 0.15) is 0 Å². The first-order chi connectivity index (χ1) is 10.4. The maximum absolute atomic E-state index is 5.91. The molecule has 1 saturated heterocycles. The average Bonchev–Trinajstić information content (AvgIpc) is 3.02. The fraction of sp³-hybridized carbons (Fsp3) is 0.412. The lowest BCUT2D eigenvalue weighted by Crippen LogP contribution is -2.21. The van der Waals surface area contributed by atoms with Crippen LogP contribution >= 0.6 is 23.1 Å². The Morgan fingerprint density at radius 2 is 2.10 bits per heavy atom. The minimum atomic E-state index is -0.0228. The Morgan fingerprint density at radius 3 is 2.81 bits per heavy atom. The smallest absolute Gasteiger partial charge is 0.158 e. The Balaban J connectivity index is 1.67. The van der Waals surface area contributed by atoms with Gasteiger partial charge >= 0.3 is 0 Å². The summed E-state index contributed by atoms with van der Waals surface area (Å²) in [5.41, 5.74) is 2.53. The highest BCUT2D eigenvalue weighted by molar-refractivity contribution is 7.98. The second-order valence-corrected chi connectivity index (χ2v) is 6.91. The van der Waals surface area contributed by atoms with Gasteiger partial charge in [-0.25, -0.2) is 0 Å². The van der Waals surface area contributed by atoms with Gasteiger partial charge in [0.15, 0.2) is 6.29 Å². The molecule has 0 amide bonds. The minimum absolute atomic E-state index is 0.0228. The summed E-state index contributed by atoms with van der Waals surface area (Å²) >= 11 is 3.55. The molecule has 0 bridgehead atoms. The number of thiophene rings is 1. The van der Waals surface area contributed by atoms with Gasteiger partial charge in [-0.3, -0.25) is 0 Å². The molecule has 1 unspecified atom stereocenters. The molecule has 0 saturated carbocycles. The lowest BCUT2D eigenvalue weighted by molar-refractivity contribution is -0.168. The molecule has 0 spiro atoms. The molecule has 4 heteroatoms. The molecule has 1 aromatic heterocycles. The zero-order valence-electron chi connectivity index (χ0n) is 12.2. The van der Waals surface area contributed by atoms with E-state index in [0.29, 0.717) is 6.61 Å². The third kappa shape index (κ3) is 3.89. The van der Waals surface area contributed by atoms with Crippen LogP contribution in [0.1, 0.15) is 24.8 Å². The molecule has 1 atom stereocenters. The van der Waals surface area contributed by atoms with Crippen molar-refractivity contribution in [2.24, 2.45) is 0 Å². The summed E-state index contributed by atoms with van der Waals surface area (Å²) in [6.45, 7) is 1.46. The van der Waals surface area contributed by atoms with E-state index in [2.05, 4.69) is 42.0 Å². The van der Waals surface area contributed by atoms with Crippen LogP contribution in [0.15, 0.2) is 40.6 Å². The molecule has 0 aliphatic carbocycles. The summed E-state index contributed by atoms with van der Waals surface area (Å²) in [4.78, 5) is 2.60. The molecule has 2 nitrogen and oxygen atoms in total. The van der Waals surface area contributed by atoms with Gasteiger partial charge in [-0.2, -0.15) is 0 Å². The number of hydrogen-bond donors (Lipinski definition) is 0. The Hall–Kier alpha value is -0.810. The zero-order valence-corrected chi connectivity index (χ0v) is 13.8. The van der Waals surface area contributed by atoms with Crippen LogP contribution in [0.25, 0.3) is 10.4 Å². The van der Waals surface area contributed by atoms with Crippen LogP contribution in [0.2, 0.25) is 0 Å². The van der Waals surface area contributed by atoms with E-state index in [9.17, 15) is 0 Å². The molecule has 0 radical (unpaired) electrons. The van der Waals surface area contributed by atoms with Crippen molar-refractivity contribution in [3.63, 3.8) is 0 Å². The lowest BCUT2D eigenvalue weighted by atomic mass is 10.1. The summed E-state index contributed by atoms with van der Waals surface area (Å²) in [6, 6.07) is 10.9. The third-order valence-corrected chi connectivity index (χ3v) is 5.41. The quantitative estimate of drug-likeness (QED) is 0.707. The molecule has 0 N–H and O–H groups in total. The first-order valence-corrected chi connectivity index (χ1v) is 9.41. The number of ether oxygens (including phenoxy) is 2.